The number of amides is 1. The van der Waals surface area contributed by atoms with Crippen LogP contribution < -0.4 is 26.6 Å². The van der Waals surface area contributed by atoms with E-state index in [0.717, 1.165) is 34.6 Å². The lowest BCUT2D eigenvalue weighted by Crippen LogP contribution is -2.36. The first-order valence-electron chi connectivity index (χ1n) is 11.2. The fraction of sp³-hybridized carbons (Fsp3) is 0.240. The van der Waals surface area contributed by atoms with Gasteiger partial charge in [-0.2, -0.15) is 13.2 Å². The summed E-state index contributed by atoms with van der Waals surface area (Å²) in [5.74, 6) is -0.633. The highest BCUT2D eigenvalue weighted by Gasteiger charge is 2.32. The van der Waals surface area contributed by atoms with Gasteiger partial charge < -0.3 is 16.1 Å². The van der Waals surface area contributed by atoms with Gasteiger partial charge in [-0.15, -0.1) is 5.53 Å². The van der Waals surface area contributed by atoms with Crippen LogP contribution in [0.2, 0.25) is 0 Å². The van der Waals surface area contributed by atoms with Gasteiger partial charge in [0.05, 0.1) is 16.9 Å². The van der Waals surface area contributed by atoms with Crippen LogP contribution in [0.25, 0.3) is 5.70 Å². The summed E-state index contributed by atoms with van der Waals surface area (Å²) in [6.07, 6.45) is 2.02. The minimum absolute atomic E-state index is 0.0697. The summed E-state index contributed by atoms with van der Waals surface area (Å²) >= 11 is 0. The average molecular weight is 498 g/mol. The standard InChI is InChI=1S/C25H26F3N7O/c1-15(2)31-10-17-6-18(8-20(7-17)25(26,27)28)24(36)32-21-5-4-16(3)23(9-21)35-13-22(33-34-35)19-11-29-14-30-12-19/h4-9,11-15,31,33-34H,10H2,1-3H3,(H,32,36). The summed E-state index contributed by atoms with van der Waals surface area (Å²) < 4.78 is 40.4. The fourth-order valence-electron chi connectivity index (χ4n) is 3.59. The maximum Gasteiger partial charge on any atom is 0.416 e. The molecular weight excluding hydrogens is 471 g/mol. The van der Waals surface area contributed by atoms with E-state index < -0.39 is 17.6 Å². The molecule has 36 heavy (non-hydrogen) atoms. The number of alkyl halides is 3. The van der Waals surface area contributed by atoms with Crippen molar-refractivity contribution in [3.63, 3.8) is 0 Å². The molecule has 0 saturated heterocycles. The third kappa shape index (κ3) is 5.99. The van der Waals surface area contributed by atoms with E-state index in [1.165, 1.54) is 12.4 Å². The molecule has 4 rings (SSSR count). The van der Waals surface area contributed by atoms with Crippen LogP contribution >= 0.6 is 0 Å². The Morgan fingerprint density at radius 2 is 1.86 bits per heavy atom. The molecule has 2 heterocycles. The summed E-state index contributed by atoms with van der Waals surface area (Å²) in [6.45, 7) is 5.91. The molecule has 0 radical (unpaired) electrons. The van der Waals surface area contributed by atoms with Gasteiger partial charge >= 0.3 is 6.18 Å². The van der Waals surface area contributed by atoms with Crippen molar-refractivity contribution in [2.45, 2.75) is 39.5 Å². The molecule has 2 aromatic carbocycles. The van der Waals surface area contributed by atoms with Crippen LogP contribution in [0.15, 0.2) is 61.3 Å². The lowest BCUT2D eigenvalue weighted by atomic mass is 10.0. The molecule has 1 aliphatic heterocycles. The van der Waals surface area contributed by atoms with Crippen molar-refractivity contribution in [3.8, 4) is 0 Å². The minimum Gasteiger partial charge on any atom is -0.322 e. The largest absolute Gasteiger partial charge is 0.416 e. The summed E-state index contributed by atoms with van der Waals surface area (Å²) in [5, 5.41) is 7.54. The zero-order valence-corrected chi connectivity index (χ0v) is 19.9. The van der Waals surface area contributed by atoms with Gasteiger partial charge in [0.25, 0.3) is 5.91 Å². The van der Waals surface area contributed by atoms with Gasteiger partial charge in [0.15, 0.2) is 0 Å². The number of nitrogens with one attached hydrogen (secondary N) is 4. The highest BCUT2D eigenvalue weighted by Crippen LogP contribution is 2.31. The average Bonchev–Trinajstić information content (AvgIpc) is 3.34. The monoisotopic (exact) mass is 497 g/mol. The van der Waals surface area contributed by atoms with Gasteiger partial charge in [-0.1, -0.05) is 19.9 Å². The third-order valence-corrected chi connectivity index (χ3v) is 5.46. The smallest absolute Gasteiger partial charge is 0.322 e. The Labute approximate surface area is 206 Å². The van der Waals surface area contributed by atoms with E-state index in [-0.39, 0.29) is 18.2 Å². The first-order chi connectivity index (χ1) is 17.1. The molecule has 0 fully saturated rings. The van der Waals surface area contributed by atoms with Crippen LogP contribution in [-0.2, 0) is 12.7 Å². The summed E-state index contributed by atoms with van der Waals surface area (Å²) in [6, 6.07) is 8.73. The van der Waals surface area contributed by atoms with Gasteiger partial charge in [-0.05, 0) is 48.4 Å². The van der Waals surface area contributed by atoms with Crippen molar-refractivity contribution in [2.75, 3.05) is 10.3 Å². The van der Waals surface area contributed by atoms with Crippen molar-refractivity contribution in [1.29, 1.82) is 0 Å². The second kappa shape index (κ2) is 10.3. The molecular formula is C25H26F3N7O. The van der Waals surface area contributed by atoms with Crippen molar-refractivity contribution < 1.29 is 18.0 Å². The first kappa shape index (κ1) is 25.1. The van der Waals surface area contributed by atoms with Crippen LogP contribution in [0.3, 0.4) is 0 Å². The zero-order chi connectivity index (χ0) is 25.9. The molecule has 8 nitrogen and oxygen atoms in total. The number of anilines is 2. The minimum atomic E-state index is -4.57. The van der Waals surface area contributed by atoms with E-state index in [4.69, 9.17) is 0 Å². The normalized spacial score (nSPS) is 13.5. The number of halogens is 3. The van der Waals surface area contributed by atoms with Gasteiger partial charge in [0.2, 0.25) is 0 Å². The van der Waals surface area contributed by atoms with Crippen molar-refractivity contribution in [2.24, 2.45) is 0 Å². The Morgan fingerprint density at radius 3 is 2.56 bits per heavy atom. The molecule has 1 aromatic heterocycles. The Morgan fingerprint density at radius 1 is 1.11 bits per heavy atom. The molecule has 0 unspecified atom stereocenters. The van der Waals surface area contributed by atoms with Gasteiger partial charge in [-0.25, -0.2) is 9.97 Å². The van der Waals surface area contributed by atoms with Gasteiger partial charge in [0, 0.05) is 48.0 Å². The van der Waals surface area contributed by atoms with E-state index in [1.807, 2.05) is 33.0 Å². The summed E-state index contributed by atoms with van der Waals surface area (Å²) in [5.41, 5.74) is 9.11. The highest BCUT2D eigenvalue weighted by atomic mass is 19.4. The molecule has 0 aliphatic carbocycles. The number of hydrazine groups is 2. The lowest BCUT2D eigenvalue weighted by Gasteiger charge is -2.19. The van der Waals surface area contributed by atoms with E-state index >= 15 is 0 Å². The second-order valence-electron chi connectivity index (χ2n) is 8.68. The van der Waals surface area contributed by atoms with E-state index in [1.54, 1.807) is 29.5 Å². The number of benzene rings is 2. The molecule has 11 heteroatoms. The number of aryl methyl sites for hydroxylation is 1. The van der Waals surface area contributed by atoms with Crippen LogP contribution in [0.4, 0.5) is 24.5 Å². The SMILES string of the molecule is Cc1ccc(NC(=O)c2cc(CNC(C)C)cc(C(F)(F)F)c2)cc1N1C=C(c2cncnc2)NN1. The predicted octanol–water partition coefficient (Wildman–Crippen LogP) is 4.38. The molecule has 1 aliphatic rings. The zero-order valence-electron chi connectivity index (χ0n) is 19.9. The van der Waals surface area contributed by atoms with E-state index in [0.29, 0.717) is 11.3 Å². The molecule has 1 amide bonds. The van der Waals surface area contributed by atoms with Crippen molar-refractivity contribution >= 4 is 23.0 Å². The fourth-order valence-corrected chi connectivity index (χ4v) is 3.59. The Bertz CT molecular complexity index is 1280. The molecule has 4 N–H and O–H groups in total. The van der Waals surface area contributed by atoms with Crippen LogP contribution in [0.5, 0.6) is 0 Å². The Hall–Kier alpha value is -3.96. The second-order valence-corrected chi connectivity index (χ2v) is 8.68. The maximum absolute atomic E-state index is 13.5. The molecule has 0 bridgehead atoms. The predicted molar refractivity (Wildman–Crippen MR) is 131 cm³/mol. The Balaban J connectivity index is 1.57. The number of rotatable bonds is 7. The van der Waals surface area contributed by atoms with Crippen LogP contribution in [0, 0.1) is 6.92 Å². The van der Waals surface area contributed by atoms with Gasteiger partial charge in [0.1, 0.15) is 6.33 Å². The first-order valence-corrected chi connectivity index (χ1v) is 11.2. The lowest BCUT2D eigenvalue weighted by molar-refractivity contribution is -0.137. The number of carbonyl (C=O) groups is 1. The number of nitrogens with zero attached hydrogens (tertiary/aromatic N) is 3. The highest BCUT2D eigenvalue weighted by molar-refractivity contribution is 6.04. The molecule has 0 atom stereocenters. The number of hydrogen-bond acceptors (Lipinski definition) is 7. The van der Waals surface area contributed by atoms with Crippen molar-refractivity contribution in [1.82, 2.24) is 26.2 Å². The topological polar surface area (TPSA) is 94.2 Å². The number of hydrogen-bond donors (Lipinski definition) is 4. The quantitative estimate of drug-likeness (QED) is 0.385. The molecule has 0 saturated carbocycles. The van der Waals surface area contributed by atoms with E-state index in [2.05, 4.69) is 31.6 Å². The molecule has 0 spiro atoms. The van der Waals surface area contributed by atoms with Crippen molar-refractivity contribution in [3.05, 3.63) is 89.1 Å². The summed E-state index contributed by atoms with van der Waals surface area (Å²) in [4.78, 5) is 21.0. The van der Waals surface area contributed by atoms with Crippen LogP contribution in [-0.4, -0.2) is 21.9 Å². The number of aromatic nitrogens is 2. The van der Waals surface area contributed by atoms with E-state index in [9.17, 15) is 18.0 Å². The molecule has 3 aromatic rings. The van der Waals surface area contributed by atoms with Gasteiger partial charge in [-0.3, -0.25) is 9.80 Å². The van der Waals surface area contributed by atoms with Crippen LogP contribution in [0.1, 0.15) is 46.5 Å². The number of carbonyl (C=O) groups excluding carboxylic acids is 1. The summed E-state index contributed by atoms with van der Waals surface area (Å²) in [7, 11) is 0. The Kier molecular flexibility index (Phi) is 7.22. The molecule has 188 valence electrons. The third-order valence-electron chi connectivity index (χ3n) is 5.46. The maximum atomic E-state index is 13.5.